The molecule has 0 amide bonds. The van der Waals surface area contributed by atoms with Gasteiger partial charge in [0.05, 0.1) is 12.7 Å². The highest BCUT2D eigenvalue weighted by Gasteiger charge is 2.41. The summed E-state index contributed by atoms with van der Waals surface area (Å²) in [5, 5.41) is 20.0. The van der Waals surface area contributed by atoms with Crippen LogP contribution in [0.4, 0.5) is 4.39 Å². The molecular weight excluding hydrogens is 269 g/mol. The molecule has 0 bridgehead atoms. The van der Waals surface area contributed by atoms with Crippen LogP contribution in [-0.4, -0.2) is 40.9 Å². The van der Waals surface area contributed by atoms with Gasteiger partial charge in [-0.15, -0.1) is 0 Å². The molecule has 1 aromatic rings. The van der Waals surface area contributed by atoms with Gasteiger partial charge in [0.25, 0.3) is 0 Å². The normalized spacial score (nSPS) is 27.0. The molecule has 0 spiro atoms. The van der Waals surface area contributed by atoms with Crippen molar-refractivity contribution in [2.24, 2.45) is 5.41 Å². The molecule has 0 saturated carbocycles. The van der Waals surface area contributed by atoms with Crippen molar-refractivity contribution in [2.45, 2.75) is 45.8 Å². The number of rotatable bonds is 5. The molecule has 0 unspecified atom stereocenters. The number of hydrogen-bond acceptors (Lipinski definition) is 3. The van der Waals surface area contributed by atoms with Gasteiger partial charge in [-0.2, -0.15) is 0 Å². The molecule has 1 fully saturated rings. The summed E-state index contributed by atoms with van der Waals surface area (Å²) in [5.41, 5.74) is 1.32. The highest BCUT2D eigenvalue weighted by atomic mass is 19.1. The third-order valence-corrected chi connectivity index (χ3v) is 4.66. The lowest BCUT2D eigenvalue weighted by Crippen LogP contribution is -2.53. The van der Waals surface area contributed by atoms with Crippen LogP contribution in [0.5, 0.6) is 0 Å². The Hall–Kier alpha value is -0.970. The van der Waals surface area contributed by atoms with Crippen molar-refractivity contribution in [3.05, 3.63) is 35.1 Å². The van der Waals surface area contributed by atoms with Crippen LogP contribution < -0.4 is 0 Å². The lowest BCUT2D eigenvalue weighted by Gasteiger charge is -2.45. The van der Waals surface area contributed by atoms with Crippen LogP contribution in [0.2, 0.25) is 0 Å². The molecule has 2 N–H and O–H groups in total. The summed E-state index contributed by atoms with van der Waals surface area (Å²) in [6, 6.07) is 5.20. The number of benzene rings is 1. The minimum Gasteiger partial charge on any atom is -0.396 e. The number of aliphatic hydroxyl groups is 2. The van der Waals surface area contributed by atoms with Crippen molar-refractivity contribution < 1.29 is 14.6 Å². The Morgan fingerprint density at radius 1 is 1.43 bits per heavy atom. The van der Waals surface area contributed by atoms with E-state index < -0.39 is 11.5 Å². The van der Waals surface area contributed by atoms with Crippen molar-refractivity contribution in [3.63, 3.8) is 0 Å². The zero-order chi connectivity index (χ0) is 15.5. The Morgan fingerprint density at radius 2 is 2.19 bits per heavy atom. The average molecular weight is 295 g/mol. The summed E-state index contributed by atoms with van der Waals surface area (Å²) in [5.74, 6) is -0.177. The molecule has 4 heteroatoms. The van der Waals surface area contributed by atoms with Crippen LogP contribution in [0.15, 0.2) is 18.2 Å². The van der Waals surface area contributed by atoms with Gasteiger partial charge in [0.15, 0.2) is 0 Å². The van der Waals surface area contributed by atoms with Crippen LogP contribution >= 0.6 is 0 Å². The highest BCUT2D eigenvalue weighted by Crippen LogP contribution is 2.35. The summed E-state index contributed by atoms with van der Waals surface area (Å²) >= 11 is 0. The van der Waals surface area contributed by atoms with Gasteiger partial charge in [-0.25, -0.2) is 4.39 Å². The summed E-state index contributed by atoms with van der Waals surface area (Å²) < 4.78 is 13.3. The summed E-state index contributed by atoms with van der Waals surface area (Å²) in [6.45, 7) is 6.10. The third-order valence-electron chi connectivity index (χ3n) is 4.66. The molecule has 0 aliphatic carbocycles. The molecule has 1 saturated heterocycles. The van der Waals surface area contributed by atoms with Gasteiger partial charge in [0.2, 0.25) is 0 Å². The largest absolute Gasteiger partial charge is 0.396 e. The summed E-state index contributed by atoms with van der Waals surface area (Å²) in [4.78, 5) is 2.26. The molecule has 1 heterocycles. The fourth-order valence-electron chi connectivity index (χ4n) is 3.42. The lowest BCUT2D eigenvalue weighted by molar-refractivity contribution is -0.0819. The van der Waals surface area contributed by atoms with Gasteiger partial charge >= 0.3 is 0 Å². The molecule has 0 aromatic heterocycles. The van der Waals surface area contributed by atoms with Gasteiger partial charge in [-0.1, -0.05) is 25.5 Å². The van der Waals surface area contributed by atoms with E-state index >= 15 is 0 Å². The molecule has 1 aliphatic rings. The van der Waals surface area contributed by atoms with Crippen molar-refractivity contribution in [1.82, 2.24) is 4.90 Å². The quantitative estimate of drug-likeness (QED) is 0.877. The Bertz CT molecular complexity index is 480. The van der Waals surface area contributed by atoms with E-state index in [0.29, 0.717) is 18.5 Å². The molecular formula is C17H26FNO2. The second kappa shape index (κ2) is 6.86. The standard InChI is InChI=1S/C17H26FNO2/c1-3-7-17(12-20)11-19(8-6-16(17)21)10-14-4-5-15(18)13(2)9-14/h4-5,9,16,20-21H,3,6-8,10-12H2,1-2H3/t16-,17-/m0/s1. The number of hydrogen-bond donors (Lipinski definition) is 2. The fraction of sp³-hybridized carbons (Fsp3) is 0.647. The maximum atomic E-state index is 13.3. The van der Waals surface area contributed by atoms with Crippen molar-refractivity contribution in [3.8, 4) is 0 Å². The number of nitrogens with zero attached hydrogens (tertiary/aromatic N) is 1. The van der Waals surface area contributed by atoms with Crippen LogP contribution in [0.3, 0.4) is 0 Å². The Balaban J connectivity index is 2.08. The minimum atomic E-state index is -0.436. The first-order valence-corrected chi connectivity index (χ1v) is 7.77. The third kappa shape index (κ3) is 3.62. The first-order valence-electron chi connectivity index (χ1n) is 7.77. The second-order valence-electron chi connectivity index (χ2n) is 6.37. The first kappa shape index (κ1) is 16.4. The van der Waals surface area contributed by atoms with E-state index in [1.54, 1.807) is 6.92 Å². The van der Waals surface area contributed by atoms with Crippen LogP contribution in [0.25, 0.3) is 0 Å². The van der Waals surface area contributed by atoms with E-state index in [1.807, 2.05) is 12.1 Å². The van der Waals surface area contributed by atoms with E-state index in [2.05, 4.69) is 11.8 Å². The molecule has 2 atom stereocenters. The number of halogens is 1. The molecule has 118 valence electrons. The van der Waals surface area contributed by atoms with Gasteiger partial charge < -0.3 is 10.2 Å². The van der Waals surface area contributed by atoms with Crippen molar-refractivity contribution in [1.29, 1.82) is 0 Å². The monoisotopic (exact) mass is 295 g/mol. The van der Waals surface area contributed by atoms with E-state index in [0.717, 1.165) is 31.5 Å². The average Bonchev–Trinajstić information content (AvgIpc) is 2.47. The number of aliphatic hydroxyl groups excluding tert-OH is 2. The van der Waals surface area contributed by atoms with Crippen molar-refractivity contribution in [2.75, 3.05) is 19.7 Å². The molecule has 1 aromatic carbocycles. The van der Waals surface area contributed by atoms with E-state index in [4.69, 9.17) is 0 Å². The van der Waals surface area contributed by atoms with E-state index in [9.17, 15) is 14.6 Å². The van der Waals surface area contributed by atoms with Gasteiger partial charge in [0, 0.05) is 25.0 Å². The van der Waals surface area contributed by atoms with Crippen LogP contribution in [-0.2, 0) is 6.54 Å². The number of likely N-dealkylation sites (tertiary alicyclic amines) is 1. The first-order chi connectivity index (χ1) is 10.0. The van der Waals surface area contributed by atoms with Gasteiger partial charge in [-0.3, -0.25) is 4.90 Å². The van der Waals surface area contributed by atoms with Crippen LogP contribution in [0, 0.1) is 18.2 Å². The maximum Gasteiger partial charge on any atom is 0.126 e. The zero-order valence-corrected chi connectivity index (χ0v) is 13.0. The van der Waals surface area contributed by atoms with Gasteiger partial charge in [0.1, 0.15) is 5.82 Å². The Labute approximate surface area is 126 Å². The number of piperidine rings is 1. The Kier molecular flexibility index (Phi) is 5.36. The maximum absolute atomic E-state index is 13.3. The number of aryl methyl sites for hydroxylation is 1. The molecule has 2 rings (SSSR count). The fourth-order valence-corrected chi connectivity index (χ4v) is 3.42. The minimum absolute atomic E-state index is 0.0148. The summed E-state index contributed by atoms with van der Waals surface area (Å²) in [6.07, 6.45) is 2.01. The molecule has 0 radical (unpaired) electrons. The summed E-state index contributed by atoms with van der Waals surface area (Å²) in [7, 11) is 0. The van der Waals surface area contributed by atoms with Crippen molar-refractivity contribution >= 4 is 0 Å². The smallest absolute Gasteiger partial charge is 0.126 e. The Morgan fingerprint density at radius 3 is 2.81 bits per heavy atom. The van der Waals surface area contributed by atoms with Gasteiger partial charge in [-0.05, 0) is 37.0 Å². The lowest BCUT2D eigenvalue weighted by atomic mass is 9.74. The molecule has 1 aliphatic heterocycles. The predicted molar refractivity (Wildman–Crippen MR) is 81.5 cm³/mol. The topological polar surface area (TPSA) is 43.7 Å². The zero-order valence-electron chi connectivity index (χ0n) is 13.0. The van der Waals surface area contributed by atoms with E-state index in [-0.39, 0.29) is 12.4 Å². The molecule has 3 nitrogen and oxygen atoms in total. The highest BCUT2D eigenvalue weighted by molar-refractivity contribution is 5.24. The second-order valence-corrected chi connectivity index (χ2v) is 6.37. The van der Waals surface area contributed by atoms with E-state index in [1.165, 1.54) is 6.07 Å². The molecule has 21 heavy (non-hydrogen) atoms. The predicted octanol–water partition coefficient (Wildman–Crippen LogP) is 2.48. The van der Waals surface area contributed by atoms with Crippen LogP contribution in [0.1, 0.15) is 37.3 Å². The SMILES string of the molecule is CCC[C@@]1(CO)CN(Cc2ccc(F)c(C)c2)CC[C@@H]1O.